The molecule has 4 aliphatic rings. The molecule has 0 aromatic rings. The van der Waals surface area contributed by atoms with Crippen LogP contribution in [0.2, 0.25) is 0 Å². The van der Waals surface area contributed by atoms with E-state index in [-0.39, 0.29) is 91.6 Å². The Morgan fingerprint density at radius 3 is 1.64 bits per heavy atom. The molecule has 25 heteroatoms. The minimum absolute atomic E-state index is 0.0260. The molecule has 4 rings (SSSR count). The molecule has 0 saturated carbocycles. The van der Waals surface area contributed by atoms with Crippen LogP contribution in [-0.4, -0.2) is 252 Å². The van der Waals surface area contributed by atoms with Crippen LogP contribution in [0.3, 0.4) is 0 Å². The second kappa shape index (κ2) is 23.5. The summed E-state index contributed by atoms with van der Waals surface area (Å²) in [6.45, 7) is 4.51. The van der Waals surface area contributed by atoms with Gasteiger partial charge in [-0.3, -0.25) is 67.7 Å². The van der Waals surface area contributed by atoms with E-state index in [1.807, 2.05) is 0 Å². The fourth-order valence-corrected chi connectivity index (χ4v) is 7.99. The first-order valence-electron chi connectivity index (χ1n) is 21.3. The second-order valence-corrected chi connectivity index (χ2v) is 16.9. The van der Waals surface area contributed by atoms with E-state index in [1.54, 1.807) is 45.4 Å². The van der Waals surface area contributed by atoms with Crippen molar-refractivity contribution in [2.24, 2.45) is 5.92 Å². The van der Waals surface area contributed by atoms with E-state index in [0.717, 1.165) is 0 Å². The number of hydrogen-bond donors (Lipinski definition) is 7. The number of ketones is 1. The SMILES string of the molecule is CC(C)[C@H](NC(=O)CNC(=O)CNC(=O)CN1CCN(CC(=O)O)CCN(CC(=O)O)CCN(CC(=O)O)CC1)C(=O)N[C@H](C)C(=O)N1CCC[C@H]1C1OC(=O)C2(CN(C)CC2=O)O1. The number of cyclic esters (lactones) is 1. The van der Waals surface area contributed by atoms with Crippen LogP contribution in [0.1, 0.15) is 33.6 Å². The average molecular weight is 911 g/mol. The summed E-state index contributed by atoms with van der Waals surface area (Å²) in [5.74, 6) is -8.10. The van der Waals surface area contributed by atoms with Gasteiger partial charge in [0, 0.05) is 65.4 Å². The van der Waals surface area contributed by atoms with Gasteiger partial charge in [0.05, 0.1) is 51.9 Å². The van der Waals surface area contributed by atoms with Crippen LogP contribution in [0.5, 0.6) is 0 Å². The van der Waals surface area contributed by atoms with Gasteiger partial charge in [0.25, 0.3) is 0 Å². The molecule has 358 valence electrons. The molecular weight excluding hydrogens is 848 g/mol. The van der Waals surface area contributed by atoms with Crippen LogP contribution in [0, 0.1) is 5.92 Å². The van der Waals surface area contributed by atoms with E-state index < -0.39 is 108 Å². The number of aliphatic carboxylic acids is 3. The van der Waals surface area contributed by atoms with Crippen molar-refractivity contribution in [3.05, 3.63) is 0 Å². The van der Waals surface area contributed by atoms with E-state index in [9.17, 15) is 63.3 Å². The minimum Gasteiger partial charge on any atom is -0.480 e. The average Bonchev–Trinajstić information content (AvgIpc) is 3.91. The molecule has 4 heterocycles. The van der Waals surface area contributed by atoms with Crippen molar-refractivity contribution in [1.29, 1.82) is 0 Å². The topological polar surface area (TPSA) is 317 Å². The van der Waals surface area contributed by atoms with Crippen molar-refractivity contribution in [2.75, 3.05) is 118 Å². The Balaban J connectivity index is 1.24. The Morgan fingerprint density at radius 1 is 0.688 bits per heavy atom. The van der Waals surface area contributed by atoms with Gasteiger partial charge in [-0.2, -0.15) is 0 Å². The number of carboxylic acid groups (broad SMARTS) is 3. The lowest BCUT2D eigenvalue weighted by Crippen LogP contribution is -2.57. The molecule has 4 saturated heterocycles. The number of hydrogen-bond acceptors (Lipinski definition) is 17. The molecule has 0 radical (unpaired) electrons. The monoisotopic (exact) mass is 910 g/mol. The van der Waals surface area contributed by atoms with Crippen molar-refractivity contribution in [2.45, 2.75) is 63.6 Å². The second-order valence-electron chi connectivity index (χ2n) is 16.9. The number of likely N-dealkylation sites (tertiary alicyclic amines) is 2. The van der Waals surface area contributed by atoms with Gasteiger partial charge in [-0.15, -0.1) is 0 Å². The third-order valence-corrected chi connectivity index (χ3v) is 11.4. The van der Waals surface area contributed by atoms with Crippen LogP contribution in [0.15, 0.2) is 0 Å². The van der Waals surface area contributed by atoms with Gasteiger partial charge in [-0.1, -0.05) is 13.8 Å². The maximum absolute atomic E-state index is 13.6. The van der Waals surface area contributed by atoms with E-state index in [4.69, 9.17) is 9.47 Å². The first kappa shape index (κ1) is 51.3. The Morgan fingerprint density at radius 2 is 1.17 bits per heavy atom. The van der Waals surface area contributed by atoms with Crippen molar-refractivity contribution in [1.82, 2.24) is 50.7 Å². The van der Waals surface area contributed by atoms with Gasteiger partial charge in [0.2, 0.25) is 41.4 Å². The maximum atomic E-state index is 13.6. The number of Topliss-reactive ketones (excluding diaryl/α,β-unsaturated/α-hetero) is 1. The van der Waals surface area contributed by atoms with Crippen LogP contribution >= 0.6 is 0 Å². The molecule has 0 bridgehead atoms. The molecule has 4 aliphatic heterocycles. The number of carboxylic acids is 3. The highest BCUT2D eigenvalue weighted by molar-refractivity contribution is 6.11. The fourth-order valence-electron chi connectivity index (χ4n) is 7.99. The Kier molecular flexibility index (Phi) is 18.9. The molecule has 64 heavy (non-hydrogen) atoms. The molecule has 1 spiro atoms. The van der Waals surface area contributed by atoms with Crippen molar-refractivity contribution < 1.29 is 72.7 Å². The highest BCUT2D eigenvalue weighted by Gasteiger charge is 2.62. The highest BCUT2D eigenvalue weighted by atomic mass is 16.8. The van der Waals surface area contributed by atoms with Gasteiger partial charge < -0.3 is 51.0 Å². The Bertz CT molecular complexity index is 1740. The zero-order valence-corrected chi connectivity index (χ0v) is 36.7. The van der Waals surface area contributed by atoms with E-state index in [2.05, 4.69) is 21.3 Å². The predicted octanol–water partition coefficient (Wildman–Crippen LogP) is -5.52. The third-order valence-electron chi connectivity index (χ3n) is 11.4. The van der Waals surface area contributed by atoms with Crippen molar-refractivity contribution >= 4 is 59.2 Å². The van der Waals surface area contributed by atoms with E-state index >= 15 is 0 Å². The van der Waals surface area contributed by atoms with Crippen molar-refractivity contribution in [3.8, 4) is 0 Å². The Hall–Kier alpha value is -5.34. The molecule has 5 amide bonds. The molecule has 2 unspecified atom stereocenters. The molecule has 4 fully saturated rings. The smallest absolute Gasteiger partial charge is 0.350 e. The third kappa shape index (κ3) is 14.9. The molecule has 7 N–H and O–H groups in total. The molecule has 0 aromatic heterocycles. The van der Waals surface area contributed by atoms with Crippen LogP contribution in [-0.2, 0) is 57.4 Å². The minimum atomic E-state index is -1.73. The highest BCUT2D eigenvalue weighted by Crippen LogP contribution is 2.36. The van der Waals surface area contributed by atoms with Crippen LogP contribution in [0.4, 0.5) is 0 Å². The van der Waals surface area contributed by atoms with Crippen LogP contribution in [0.25, 0.3) is 0 Å². The van der Waals surface area contributed by atoms with Gasteiger partial charge in [0.1, 0.15) is 12.1 Å². The zero-order chi connectivity index (χ0) is 47.3. The standard InChI is InChI=1S/C39H62N10O15/c1-24(2)34(35(60)42-25(3)36(61)49-7-5-6-26(49)37-63-38(62)39(64-37)23-44(4)18-27(39)50)43-29(52)17-40-28(51)16-41-30(53)19-45-8-10-46(20-31(54)55)12-14-48(22-33(58)59)15-13-47(11-9-45)21-32(56)57/h24-26,34,37H,5-23H2,1-4H3,(H,40,51)(H,41,53)(H,42,60)(H,43,52)(H,54,55)(H,56,57)(H,58,59)/t25-,26+,34+,37?,39?/m1/s1. The number of nitrogens with zero attached hydrogens (tertiary/aromatic N) is 6. The summed E-state index contributed by atoms with van der Waals surface area (Å²) < 4.78 is 11.4. The fraction of sp³-hybridized carbons (Fsp3) is 0.744. The maximum Gasteiger partial charge on any atom is 0.350 e. The quantitative estimate of drug-likeness (QED) is 0.0498. The largest absolute Gasteiger partial charge is 0.480 e. The molecule has 0 aliphatic carbocycles. The van der Waals surface area contributed by atoms with E-state index in [0.29, 0.717) is 19.4 Å². The summed E-state index contributed by atoms with van der Waals surface area (Å²) in [5.41, 5.74) is -1.73. The number of carbonyl (C=O) groups is 10. The molecule has 25 nitrogen and oxygen atoms in total. The number of nitrogens with one attached hydrogen (secondary N) is 4. The van der Waals surface area contributed by atoms with Gasteiger partial charge in [-0.05, 0) is 32.7 Å². The lowest BCUT2D eigenvalue weighted by Gasteiger charge is -2.32. The predicted molar refractivity (Wildman–Crippen MR) is 220 cm³/mol. The lowest BCUT2D eigenvalue weighted by atomic mass is 10.0. The van der Waals surface area contributed by atoms with E-state index in [1.165, 1.54) is 11.8 Å². The van der Waals surface area contributed by atoms with Gasteiger partial charge in [0.15, 0.2) is 5.78 Å². The molecule has 5 atom stereocenters. The first-order valence-corrected chi connectivity index (χ1v) is 21.3. The normalized spacial score (nSPS) is 24.4. The number of carbonyl (C=O) groups excluding carboxylic acids is 7. The summed E-state index contributed by atoms with van der Waals surface area (Å²) in [5, 5.41) is 38.3. The lowest BCUT2D eigenvalue weighted by molar-refractivity contribution is -0.158. The summed E-state index contributed by atoms with van der Waals surface area (Å²) in [4.78, 5) is 135. The summed E-state index contributed by atoms with van der Waals surface area (Å²) >= 11 is 0. The van der Waals surface area contributed by atoms with Crippen LogP contribution < -0.4 is 21.3 Å². The summed E-state index contributed by atoms with van der Waals surface area (Å²) in [6.07, 6.45) is -0.154. The number of ether oxygens (including phenoxy) is 2. The number of esters is 1. The number of likely N-dealkylation sites (N-methyl/N-ethyl adjacent to an activating group) is 1. The van der Waals surface area contributed by atoms with Gasteiger partial charge >= 0.3 is 23.9 Å². The Labute approximate surface area is 370 Å². The first-order chi connectivity index (χ1) is 30.2. The number of rotatable bonds is 18. The zero-order valence-electron chi connectivity index (χ0n) is 36.7. The van der Waals surface area contributed by atoms with Crippen molar-refractivity contribution in [3.63, 3.8) is 0 Å². The number of amides is 5. The van der Waals surface area contributed by atoms with Gasteiger partial charge in [-0.25, -0.2) is 4.79 Å². The summed E-state index contributed by atoms with van der Waals surface area (Å²) in [6, 6.07) is -2.86. The molecule has 0 aromatic carbocycles. The molecular formula is C39H62N10O15. The summed E-state index contributed by atoms with van der Waals surface area (Å²) in [7, 11) is 1.68.